The average Bonchev–Trinajstić information content (AvgIpc) is 3.27. The molecule has 1 unspecified atom stereocenters. The fourth-order valence-electron chi connectivity index (χ4n) is 5.53. The zero-order valence-electron chi connectivity index (χ0n) is 27.6. The smallest absolute Gasteiger partial charge is 0.326 e. The maximum absolute atomic E-state index is 12.2. The van der Waals surface area contributed by atoms with Crippen molar-refractivity contribution >= 4 is 23.7 Å². The molecule has 1 atom stereocenters. The van der Waals surface area contributed by atoms with Gasteiger partial charge in [0.15, 0.2) is 0 Å². The van der Waals surface area contributed by atoms with Gasteiger partial charge in [-0.3, -0.25) is 14.4 Å². The first-order valence-corrected chi connectivity index (χ1v) is 17.7. The van der Waals surface area contributed by atoms with Crippen molar-refractivity contribution in [2.75, 3.05) is 33.0 Å². The summed E-state index contributed by atoms with van der Waals surface area (Å²) in [5.41, 5.74) is 0. The second kappa shape index (κ2) is 28.3. The highest BCUT2D eigenvalue weighted by molar-refractivity contribution is 5.84. The first-order chi connectivity index (χ1) is 21.4. The Labute approximate surface area is 266 Å². The summed E-state index contributed by atoms with van der Waals surface area (Å²) >= 11 is 0. The van der Waals surface area contributed by atoms with Crippen LogP contribution in [-0.2, 0) is 28.7 Å². The summed E-state index contributed by atoms with van der Waals surface area (Å²) in [4.78, 5) is 47.9. The summed E-state index contributed by atoms with van der Waals surface area (Å²) in [5, 5.41) is 17.7. The molecule has 44 heavy (non-hydrogen) atoms. The predicted octanol–water partition coefficient (Wildman–Crippen LogP) is 5.81. The molecular weight excluding hydrogens is 562 g/mol. The Bertz CT molecular complexity index is 757. The lowest BCUT2D eigenvalue weighted by atomic mass is 10.0. The monoisotopic (exact) mass is 625 g/mol. The predicted molar refractivity (Wildman–Crippen MR) is 173 cm³/mol. The minimum absolute atomic E-state index is 0.00476. The number of amides is 3. The Morgan fingerprint density at radius 3 is 1.84 bits per heavy atom. The molecule has 0 saturated heterocycles. The molecule has 10 heteroatoms. The molecule has 1 aliphatic carbocycles. The number of hydrogen-bond donors (Lipinski definition) is 4. The Morgan fingerprint density at radius 2 is 1.25 bits per heavy atom. The van der Waals surface area contributed by atoms with Crippen LogP contribution in [0.15, 0.2) is 0 Å². The summed E-state index contributed by atoms with van der Waals surface area (Å²) in [7, 11) is 0. The number of aliphatic carboxylic acids is 1. The minimum atomic E-state index is -1.14. The van der Waals surface area contributed by atoms with E-state index in [0.29, 0.717) is 13.0 Å². The molecule has 0 aromatic carbocycles. The molecule has 1 saturated carbocycles. The van der Waals surface area contributed by atoms with Crippen molar-refractivity contribution in [1.29, 1.82) is 0 Å². The molecule has 10 nitrogen and oxygen atoms in total. The summed E-state index contributed by atoms with van der Waals surface area (Å²) in [6, 6.07) is -0.826. The largest absolute Gasteiger partial charge is 0.480 e. The molecule has 1 aliphatic rings. The lowest BCUT2D eigenvalue weighted by Crippen LogP contribution is -2.41. The standard InChI is InChI=1S/C34H63N3O7/c1-2-3-4-5-6-7-8-9-10-11-12-13-18-21-32(39)37-30(34(41)42)22-23-31(38)35-24-25-43-26-27-44-28-33(40)36-29-19-16-14-15-17-20-29/h29-30H,2-28H2,1H3,(H,35,38)(H,36,40)(H,37,39)(H,41,42). The van der Waals surface area contributed by atoms with Crippen molar-refractivity contribution in [3.63, 3.8) is 0 Å². The van der Waals surface area contributed by atoms with Gasteiger partial charge in [0.1, 0.15) is 12.6 Å². The number of hydrogen-bond acceptors (Lipinski definition) is 6. The van der Waals surface area contributed by atoms with Crippen LogP contribution in [0.4, 0.5) is 0 Å². The number of carbonyl (C=O) groups is 4. The zero-order chi connectivity index (χ0) is 32.1. The van der Waals surface area contributed by atoms with Gasteiger partial charge in [0.25, 0.3) is 0 Å². The van der Waals surface area contributed by atoms with Gasteiger partial charge in [-0.25, -0.2) is 4.79 Å². The van der Waals surface area contributed by atoms with Crippen LogP contribution in [0.5, 0.6) is 0 Å². The Balaban J connectivity index is 1.98. The van der Waals surface area contributed by atoms with E-state index in [1.807, 2.05) is 0 Å². The molecule has 0 spiro atoms. The van der Waals surface area contributed by atoms with E-state index in [0.717, 1.165) is 44.9 Å². The summed E-state index contributed by atoms with van der Waals surface area (Å²) in [6.45, 7) is 3.40. The van der Waals surface area contributed by atoms with Crippen molar-refractivity contribution in [3.8, 4) is 0 Å². The number of nitrogens with one attached hydrogen (secondary N) is 3. The van der Waals surface area contributed by atoms with E-state index in [9.17, 15) is 24.3 Å². The van der Waals surface area contributed by atoms with E-state index in [2.05, 4.69) is 22.9 Å². The summed E-state index contributed by atoms with van der Waals surface area (Å²) < 4.78 is 10.8. The number of carboxylic acid groups (broad SMARTS) is 1. The van der Waals surface area contributed by atoms with Gasteiger partial charge in [0, 0.05) is 25.4 Å². The number of ether oxygens (including phenoxy) is 2. The van der Waals surface area contributed by atoms with Crippen LogP contribution in [0.3, 0.4) is 0 Å². The van der Waals surface area contributed by atoms with Gasteiger partial charge in [-0.2, -0.15) is 0 Å². The fraction of sp³-hybridized carbons (Fsp3) is 0.882. The van der Waals surface area contributed by atoms with Crippen molar-refractivity contribution in [1.82, 2.24) is 16.0 Å². The highest BCUT2D eigenvalue weighted by atomic mass is 16.5. The molecule has 4 N–H and O–H groups in total. The Hall–Kier alpha value is -2.20. The number of rotatable bonds is 28. The molecular formula is C34H63N3O7. The molecule has 0 bridgehead atoms. The van der Waals surface area contributed by atoms with Gasteiger partial charge in [0.05, 0.1) is 19.8 Å². The van der Waals surface area contributed by atoms with Gasteiger partial charge >= 0.3 is 5.97 Å². The van der Waals surface area contributed by atoms with Crippen LogP contribution in [0.2, 0.25) is 0 Å². The number of unbranched alkanes of at least 4 members (excludes halogenated alkanes) is 12. The van der Waals surface area contributed by atoms with Crippen molar-refractivity contribution in [2.45, 2.75) is 160 Å². The molecule has 1 rings (SSSR count). The maximum Gasteiger partial charge on any atom is 0.326 e. The Morgan fingerprint density at radius 1 is 0.682 bits per heavy atom. The van der Waals surface area contributed by atoms with Gasteiger partial charge in [-0.15, -0.1) is 0 Å². The van der Waals surface area contributed by atoms with Crippen LogP contribution < -0.4 is 16.0 Å². The second-order valence-electron chi connectivity index (χ2n) is 12.3. The first-order valence-electron chi connectivity index (χ1n) is 17.7. The third-order valence-electron chi connectivity index (χ3n) is 8.19. The minimum Gasteiger partial charge on any atom is -0.480 e. The van der Waals surface area contributed by atoms with Crippen LogP contribution in [-0.4, -0.2) is 73.9 Å². The van der Waals surface area contributed by atoms with Crippen LogP contribution in [0, 0.1) is 0 Å². The lowest BCUT2D eigenvalue weighted by Gasteiger charge is -2.16. The third-order valence-corrected chi connectivity index (χ3v) is 8.19. The molecule has 0 aliphatic heterocycles. The summed E-state index contributed by atoms with van der Waals surface area (Å²) in [6.07, 6.45) is 23.1. The molecule has 0 aromatic rings. The molecule has 1 fully saturated rings. The topological polar surface area (TPSA) is 143 Å². The van der Waals surface area contributed by atoms with E-state index in [4.69, 9.17) is 9.47 Å². The maximum atomic E-state index is 12.2. The summed E-state index contributed by atoms with van der Waals surface area (Å²) in [5.74, 6) is -1.81. The van der Waals surface area contributed by atoms with E-state index >= 15 is 0 Å². The average molecular weight is 626 g/mol. The number of carboxylic acids is 1. The van der Waals surface area contributed by atoms with Gasteiger partial charge in [-0.1, -0.05) is 110 Å². The second-order valence-corrected chi connectivity index (χ2v) is 12.3. The van der Waals surface area contributed by atoms with Gasteiger partial charge in [-0.05, 0) is 25.7 Å². The van der Waals surface area contributed by atoms with Crippen LogP contribution >= 0.6 is 0 Å². The fourth-order valence-corrected chi connectivity index (χ4v) is 5.53. The van der Waals surface area contributed by atoms with E-state index in [1.54, 1.807) is 0 Å². The van der Waals surface area contributed by atoms with Gasteiger partial charge < -0.3 is 30.5 Å². The van der Waals surface area contributed by atoms with Crippen molar-refractivity contribution in [2.24, 2.45) is 0 Å². The Kier molecular flexibility index (Phi) is 25.6. The van der Waals surface area contributed by atoms with Crippen molar-refractivity contribution < 1.29 is 33.8 Å². The molecule has 0 heterocycles. The van der Waals surface area contributed by atoms with E-state index in [-0.39, 0.29) is 63.0 Å². The SMILES string of the molecule is CCCCCCCCCCCCCCCC(=O)NC(CCC(=O)NCCOCCOCC(=O)NC1CCCCCC1)C(=O)O. The zero-order valence-corrected chi connectivity index (χ0v) is 27.6. The normalized spacial score (nSPS) is 14.5. The quantitative estimate of drug-likeness (QED) is 0.0635. The van der Waals surface area contributed by atoms with Gasteiger partial charge in [0.2, 0.25) is 17.7 Å². The molecule has 256 valence electrons. The highest BCUT2D eigenvalue weighted by Gasteiger charge is 2.21. The van der Waals surface area contributed by atoms with E-state index < -0.39 is 12.0 Å². The van der Waals surface area contributed by atoms with E-state index in [1.165, 1.54) is 77.0 Å². The van der Waals surface area contributed by atoms with Crippen LogP contribution in [0.25, 0.3) is 0 Å². The van der Waals surface area contributed by atoms with Crippen molar-refractivity contribution in [3.05, 3.63) is 0 Å². The first kappa shape index (κ1) is 39.8. The number of carbonyl (C=O) groups excluding carboxylic acids is 3. The molecule has 0 aromatic heterocycles. The molecule has 3 amide bonds. The third kappa shape index (κ3) is 24.2. The lowest BCUT2D eigenvalue weighted by molar-refractivity contribution is -0.142. The highest BCUT2D eigenvalue weighted by Crippen LogP contribution is 2.17. The molecule has 0 radical (unpaired) electrons. The van der Waals surface area contributed by atoms with Crippen LogP contribution in [0.1, 0.15) is 148 Å².